The molecule has 2 aromatic carbocycles. The Bertz CT molecular complexity index is 1190. The van der Waals surface area contributed by atoms with Gasteiger partial charge in [0.1, 0.15) is 0 Å². The molecule has 0 bridgehead atoms. The van der Waals surface area contributed by atoms with Crippen LogP contribution in [0, 0.1) is 0 Å². The fourth-order valence-electron chi connectivity index (χ4n) is 5.04. The highest BCUT2D eigenvalue weighted by molar-refractivity contribution is 6.11. The maximum atomic E-state index is 10.5. The van der Waals surface area contributed by atoms with Crippen LogP contribution in [0.5, 0.6) is 0 Å². The van der Waals surface area contributed by atoms with Crippen LogP contribution < -0.4 is 0 Å². The highest BCUT2D eigenvalue weighted by Gasteiger charge is 2.25. The van der Waals surface area contributed by atoms with E-state index in [0.29, 0.717) is 0 Å². The number of aliphatic hydroxyl groups excluding tert-OH is 1. The van der Waals surface area contributed by atoms with Crippen LogP contribution in [0.15, 0.2) is 54.9 Å². The molecule has 1 N–H and O–H groups in total. The van der Waals surface area contributed by atoms with Gasteiger partial charge in [-0.25, -0.2) is 0 Å². The summed E-state index contributed by atoms with van der Waals surface area (Å²) < 4.78 is 2.48. The minimum absolute atomic E-state index is 0.332. The van der Waals surface area contributed by atoms with E-state index < -0.39 is 0 Å². The van der Waals surface area contributed by atoms with Gasteiger partial charge < -0.3 is 14.6 Å². The Labute approximate surface area is 177 Å². The molecule has 0 saturated carbocycles. The number of nitrogens with zero attached hydrogens (tertiary/aromatic N) is 3. The Kier molecular flexibility index (Phi) is 5.05. The first kappa shape index (κ1) is 19.3. The topological polar surface area (TPSA) is 41.3 Å². The van der Waals surface area contributed by atoms with E-state index in [9.17, 15) is 5.11 Å². The lowest BCUT2D eigenvalue weighted by Gasteiger charge is -2.19. The lowest BCUT2D eigenvalue weighted by Crippen LogP contribution is -2.26. The van der Waals surface area contributed by atoms with Crippen molar-refractivity contribution in [3.05, 3.63) is 66.0 Å². The number of benzene rings is 2. The van der Waals surface area contributed by atoms with E-state index in [-0.39, 0.29) is 6.10 Å². The monoisotopic (exact) mass is 399 g/mol. The molecule has 0 saturated heterocycles. The molecule has 0 amide bonds. The van der Waals surface area contributed by atoms with E-state index in [2.05, 4.69) is 70.8 Å². The van der Waals surface area contributed by atoms with Gasteiger partial charge in [-0.1, -0.05) is 26.0 Å². The SMILES string of the molecule is CCN(CC)CCn1c2ccc(-c3ccncc3)cc2c2c3c(ccc21)C(O)CC3. The molecule has 2 heterocycles. The van der Waals surface area contributed by atoms with Crippen molar-refractivity contribution in [1.29, 1.82) is 0 Å². The number of aromatic nitrogens is 2. The lowest BCUT2D eigenvalue weighted by atomic mass is 9.99. The number of likely N-dealkylation sites (N-methyl/N-ethyl adjacent to an activating group) is 1. The number of aryl methyl sites for hydroxylation is 1. The van der Waals surface area contributed by atoms with Crippen molar-refractivity contribution in [3.63, 3.8) is 0 Å². The second-order valence-corrected chi connectivity index (χ2v) is 8.23. The molecule has 4 aromatic rings. The van der Waals surface area contributed by atoms with Crippen LogP contribution in [0.25, 0.3) is 32.9 Å². The summed E-state index contributed by atoms with van der Waals surface area (Å²) >= 11 is 0. The van der Waals surface area contributed by atoms with Crippen molar-refractivity contribution in [1.82, 2.24) is 14.5 Å². The van der Waals surface area contributed by atoms with E-state index in [1.807, 2.05) is 12.4 Å². The van der Waals surface area contributed by atoms with Crippen LogP contribution in [0.3, 0.4) is 0 Å². The molecule has 2 aromatic heterocycles. The van der Waals surface area contributed by atoms with Gasteiger partial charge in [0.15, 0.2) is 0 Å². The van der Waals surface area contributed by atoms with E-state index in [0.717, 1.165) is 44.6 Å². The van der Waals surface area contributed by atoms with E-state index in [1.165, 1.54) is 38.5 Å². The zero-order chi connectivity index (χ0) is 20.7. The Morgan fingerprint density at radius 1 is 1.00 bits per heavy atom. The number of rotatable bonds is 6. The van der Waals surface area contributed by atoms with Gasteiger partial charge in [-0.2, -0.15) is 0 Å². The second-order valence-electron chi connectivity index (χ2n) is 8.23. The molecule has 1 aliphatic rings. The molecule has 0 spiro atoms. The number of aliphatic hydroxyl groups is 1. The van der Waals surface area contributed by atoms with Crippen LogP contribution >= 0.6 is 0 Å². The zero-order valence-corrected chi connectivity index (χ0v) is 17.8. The van der Waals surface area contributed by atoms with Crippen LogP contribution in [0.2, 0.25) is 0 Å². The van der Waals surface area contributed by atoms with Crippen molar-refractivity contribution < 1.29 is 5.11 Å². The highest BCUT2D eigenvalue weighted by Crippen LogP contribution is 2.41. The van der Waals surface area contributed by atoms with Gasteiger partial charge in [0.05, 0.1) is 6.10 Å². The van der Waals surface area contributed by atoms with Crippen molar-refractivity contribution in [3.8, 4) is 11.1 Å². The summed E-state index contributed by atoms with van der Waals surface area (Å²) in [6.45, 7) is 8.60. The van der Waals surface area contributed by atoms with Gasteiger partial charge in [0.25, 0.3) is 0 Å². The van der Waals surface area contributed by atoms with Gasteiger partial charge in [0.2, 0.25) is 0 Å². The fourth-order valence-corrected chi connectivity index (χ4v) is 5.04. The van der Waals surface area contributed by atoms with E-state index >= 15 is 0 Å². The van der Waals surface area contributed by atoms with E-state index in [1.54, 1.807) is 0 Å². The van der Waals surface area contributed by atoms with Crippen LogP contribution in [-0.2, 0) is 13.0 Å². The molecular weight excluding hydrogens is 370 g/mol. The number of fused-ring (bicyclic) bond motifs is 5. The Balaban J connectivity index is 1.72. The third-order valence-electron chi connectivity index (χ3n) is 6.75. The summed E-state index contributed by atoms with van der Waals surface area (Å²) in [5.74, 6) is 0. The van der Waals surface area contributed by atoms with Crippen molar-refractivity contribution in [2.75, 3.05) is 19.6 Å². The lowest BCUT2D eigenvalue weighted by molar-refractivity contribution is 0.180. The standard InChI is InChI=1S/C26H29N3O/c1-3-28(4-2)15-16-29-23-8-5-19(18-11-13-27-14-12-18)17-22(23)26-21-7-10-25(30)20(21)6-9-24(26)29/h5-6,8-9,11-14,17,25,30H,3-4,7,10,15-16H2,1-2H3. The number of pyridine rings is 1. The van der Waals surface area contributed by atoms with Crippen molar-refractivity contribution in [2.45, 2.75) is 39.3 Å². The van der Waals surface area contributed by atoms with E-state index in [4.69, 9.17) is 0 Å². The van der Waals surface area contributed by atoms with Crippen molar-refractivity contribution in [2.24, 2.45) is 0 Å². The average Bonchev–Trinajstić information content (AvgIpc) is 3.32. The molecule has 0 radical (unpaired) electrons. The molecule has 1 aliphatic carbocycles. The minimum atomic E-state index is -0.332. The Hall–Kier alpha value is -2.69. The number of hydrogen-bond donors (Lipinski definition) is 1. The first-order valence-electron chi connectivity index (χ1n) is 11.1. The molecule has 154 valence electrons. The van der Waals surface area contributed by atoms with Gasteiger partial charge in [-0.05, 0) is 78.5 Å². The molecule has 1 unspecified atom stereocenters. The Morgan fingerprint density at radius 3 is 2.53 bits per heavy atom. The summed E-state index contributed by atoms with van der Waals surface area (Å²) in [5.41, 5.74) is 7.41. The molecule has 4 heteroatoms. The zero-order valence-electron chi connectivity index (χ0n) is 17.8. The highest BCUT2D eigenvalue weighted by atomic mass is 16.3. The molecular formula is C26H29N3O. The predicted molar refractivity (Wildman–Crippen MR) is 124 cm³/mol. The predicted octanol–water partition coefficient (Wildman–Crippen LogP) is 5.18. The molecule has 4 nitrogen and oxygen atoms in total. The first-order chi connectivity index (χ1) is 14.7. The first-order valence-corrected chi connectivity index (χ1v) is 11.1. The van der Waals surface area contributed by atoms with Gasteiger partial charge in [-0.15, -0.1) is 0 Å². The largest absolute Gasteiger partial charge is 0.388 e. The third kappa shape index (κ3) is 3.11. The normalized spacial score (nSPS) is 16.1. The number of hydrogen-bond acceptors (Lipinski definition) is 3. The molecule has 1 atom stereocenters. The minimum Gasteiger partial charge on any atom is -0.388 e. The fraction of sp³-hybridized carbons (Fsp3) is 0.346. The van der Waals surface area contributed by atoms with Crippen LogP contribution in [-0.4, -0.2) is 39.2 Å². The molecule has 0 fully saturated rings. The van der Waals surface area contributed by atoms with Gasteiger partial charge in [0, 0.05) is 47.3 Å². The molecule has 30 heavy (non-hydrogen) atoms. The summed E-state index contributed by atoms with van der Waals surface area (Å²) in [6.07, 6.45) is 5.14. The smallest absolute Gasteiger partial charge is 0.0796 e. The van der Waals surface area contributed by atoms with Crippen LogP contribution in [0.4, 0.5) is 0 Å². The maximum Gasteiger partial charge on any atom is 0.0796 e. The summed E-state index contributed by atoms with van der Waals surface area (Å²) in [6, 6.07) is 15.3. The Morgan fingerprint density at radius 2 is 1.77 bits per heavy atom. The second kappa shape index (κ2) is 7.86. The molecule has 5 rings (SSSR count). The average molecular weight is 400 g/mol. The van der Waals surface area contributed by atoms with Crippen molar-refractivity contribution >= 4 is 21.8 Å². The molecule has 0 aliphatic heterocycles. The quantitative estimate of drug-likeness (QED) is 0.486. The summed E-state index contributed by atoms with van der Waals surface area (Å²) in [4.78, 5) is 6.64. The third-order valence-corrected chi connectivity index (χ3v) is 6.75. The summed E-state index contributed by atoms with van der Waals surface area (Å²) in [7, 11) is 0. The van der Waals surface area contributed by atoms with Crippen LogP contribution in [0.1, 0.15) is 37.5 Å². The summed E-state index contributed by atoms with van der Waals surface area (Å²) in [5, 5.41) is 13.1. The maximum absolute atomic E-state index is 10.5. The van der Waals surface area contributed by atoms with Gasteiger partial charge >= 0.3 is 0 Å². The van der Waals surface area contributed by atoms with Gasteiger partial charge in [-0.3, -0.25) is 4.98 Å².